The number of aromatic carboxylic acids is 1. The number of amides is 2. The SMILES string of the molecule is CC(=O)N(C(=O)[C@H]1NCCC1O)c1ccc(-c2ncc(C(=O)O)c(O)n2)cc1. The first kappa shape index (κ1) is 19.4. The Labute approximate surface area is 159 Å². The second-order valence-corrected chi connectivity index (χ2v) is 6.26. The highest BCUT2D eigenvalue weighted by Crippen LogP contribution is 2.24. The number of nitrogens with zero attached hydrogens (tertiary/aromatic N) is 3. The quantitative estimate of drug-likeness (QED) is 0.575. The lowest BCUT2D eigenvalue weighted by Gasteiger charge is -2.24. The molecular formula is C18H18N4O6. The molecule has 0 spiro atoms. The number of aromatic hydroxyl groups is 1. The van der Waals surface area contributed by atoms with E-state index < -0.39 is 41.4 Å². The number of aromatic nitrogens is 2. The third-order valence-corrected chi connectivity index (χ3v) is 4.37. The van der Waals surface area contributed by atoms with Gasteiger partial charge in [0, 0.05) is 18.7 Å². The third kappa shape index (κ3) is 3.68. The zero-order valence-electron chi connectivity index (χ0n) is 14.9. The standard InChI is InChI=1S/C18H18N4O6/c1-9(23)22(17(26)14-13(24)6-7-19-14)11-4-2-10(3-5-11)15-20-8-12(18(27)28)16(25)21-15/h2-5,8,13-14,19,24H,6-7H2,1H3,(H,27,28)(H,20,21,25)/t13?,14-/m0/s1. The molecule has 4 N–H and O–H groups in total. The Bertz CT molecular complexity index is 930. The number of hydrogen-bond acceptors (Lipinski definition) is 8. The van der Waals surface area contributed by atoms with Gasteiger partial charge in [-0.05, 0) is 37.2 Å². The molecule has 0 radical (unpaired) electrons. The molecule has 0 saturated carbocycles. The van der Waals surface area contributed by atoms with E-state index in [0.717, 1.165) is 11.1 Å². The van der Waals surface area contributed by atoms with Gasteiger partial charge >= 0.3 is 5.97 Å². The Morgan fingerprint density at radius 2 is 1.89 bits per heavy atom. The van der Waals surface area contributed by atoms with Crippen molar-refractivity contribution < 1.29 is 29.7 Å². The van der Waals surface area contributed by atoms with Crippen molar-refractivity contribution >= 4 is 23.5 Å². The summed E-state index contributed by atoms with van der Waals surface area (Å²) in [5, 5.41) is 31.4. The average Bonchev–Trinajstić information content (AvgIpc) is 3.07. The normalized spacial score (nSPS) is 18.6. The Morgan fingerprint density at radius 1 is 1.21 bits per heavy atom. The van der Waals surface area contributed by atoms with E-state index >= 15 is 0 Å². The molecular weight excluding hydrogens is 368 g/mol. The molecule has 1 aliphatic rings. The number of aliphatic hydroxyl groups excluding tert-OH is 1. The van der Waals surface area contributed by atoms with Crippen molar-refractivity contribution in [2.45, 2.75) is 25.5 Å². The van der Waals surface area contributed by atoms with Crippen molar-refractivity contribution in [2.75, 3.05) is 11.4 Å². The third-order valence-electron chi connectivity index (χ3n) is 4.37. The lowest BCUT2D eigenvalue weighted by Crippen LogP contribution is -2.50. The number of carboxylic acid groups (broad SMARTS) is 1. The zero-order valence-corrected chi connectivity index (χ0v) is 14.9. The smallest absolute Gasteiger partial charge is 0.342 e. The lowest BCUT2D eigenvalue weighted by atomic mass is 10.1. The number of rotatable bonds is 4. The second-order valence-electron chi connectivity index (χ2n) is 6.26. The van der Waals surface area contributed by atoms with Crippen LogP contribution in [-0.4, -0.2) is 61.8 Å². The van der Waals surface area contributed by atoms with Crippen LogP contribution in [0, 0.1) is 0 Å². The molecule has 28 heavy (non-hydrogen) atoms. The molecule has 10 nitrogen and oxygen atoms in total. The average molecular weight is 386 g/mol. The van der Waals surface area contributed by atoms with Crippen LogP contribution in [0.3, 0.4) is 0 Å². The largest absolute Gasteiger partial charge is 0.493 e. The van der Waals surface area contributed by atoms with E-state index in [-0.39, 0.29) is 5.82 Å². The highest BCUT2D eigenvalue weighted by atomic mass is 16.4. The van der Waals surface area contributed by atoms with Crippen LogP contribution in [-0.2, 0) is 9.59 Å². The number of hydrogen-bond donors (Lipinski definition) is 4. The van der Waals surface area contributed by atoms with Crippen LogP contribution in [0.1, 0.15) is 23.7 Å². The van der Waals surface area contributed by atoms with Crippen LogP contribution in [0.4, 0.5) is 5.69 Å². The Morgan fingerprint density at radius 3 is 2.39 bits per heavy atom. The van der Waals surface area contributed by atoms with Crippen LogP contribution in [0.25, 0.3) is 11.4 Å². The van der Waals surface area contributed by atoms with E-state index in [1.54, 1.807) is 0 Å². The minimum absolute atomic E-state index is 0.0858. The number of aliphatic hydroxyl groups is 1. The molecule has 2 aromatic rings. The van der Waals surface area contributed by atoms with Gasteiger partial charge in [-0.3, -0.25) is 9.59 Å². The highest BCUT2D eigenvalue weighted by molar-refractivity contribution is 6.16. The molecule has 2 amide bonds. The molecule has 0 bridgehead atoms. The number of carboxylic acids is 1. The molecule has 0 aliphatic carbocycles. The van der Waals surface area contributed by atoms with Gasteiger partial charge in [0.05, 0.1) is 11.8 Å². The highest BCUT2D eigenvalue weighted by Gasteiger charge is 2.36. The van der Waals surface area contributed by atoms with Gasteiger partial charge in [0.25, 0.3) is 5.91 Å². The van der Waals surface area contributed by atoms with Crippen LogP contribution in [0.15, 0.2) is 30.5 Å². The van der Waals surface area contributed by atoms with Crippen LogP contribution < -0.4 is 10.2 Å². The van der Waals surface area contributed by atoms with Crippen LogP contribution in [0.2, 0.25) is 0 Å². The predicted molar refractivity (Wildman–Crippen MR) is 96.7 cm³/mol. The maximum Gasteiger partial charge on any atom is 0.342 e. The number of nitrogens with one attached hydrogen (secondary N) is 1. The number of imide groups is 1. The monoisotopic (exact) mass is 386 g/mol. The topological polar surface area (TPSA) is 153 Å². The van der Waals surface area contributed by atoms with Gasteiger partial charge in [-0.25, -0.2) is 14.7 Å². The van der Waals surface area contributed by atoms with Crippen molar-refractivity contribution in [1.29, 1.82) is 0 Å². The van der Waals surface area contributed by atoms with Gasteiger partial charge in [0.1, 0.15) is 11.6 Å². The van der Waals surface area contributed by atoms with Gasteiger partial charge < -0.3 is 20.6 Å². The second kappa shape index (κ2) is 7.71. The van der Waals surface area contributed by atoms with Gasteiger partial charge in [0.15, 0.2) is 5.82 Å². The molecule has 2 atom stereocenters. The van der Waals surface area contributed by atoms with E-state index in [2.05, 4.69) is 15.3 Å². The summed E-state index contributed by atoms with van der Waals surface area (Å²) in [7, 11) is 0. The summed E-state index contributed by atoms with van der Waals surface area (Å²) in [6.45, 7) is 1.73. The Balaban J connectivity index is 1.88. The van der Waals surface area contributed by atoms with Crippen LogP contribution in [0.5, 0.6) is 5.88 Å². The lowest BCUT2D eigenvalue weighted by molar-refractivity contribution is -0.127. The fraction of sp³-hybridized carbons (Fsp3) is 0.278. The van der Waals surface area contributed by atoms with Gasteiger partial charge in [-0.1, -0.05) is 0 Å². The van der Waals surface area contributed by atoms with E-state index in [0.29, 0.717) is 24.2 Å². The molecule has 10 heteroatoms. The summed E-state index contributed by atoms with van der Waals surface area (Å²) in [6.07, 6.45) is 0.554. The molecule has 146 valence electrons. The molecule has 1 fully saturated rings. The van der Waals surface area contributed by atoms with Crippen LogP contribution >= 0.6 is 0 Å². The van der Waals surface area contributed by atoms with Crippen molar-refractivity contribution in [3.8, 4) is 17.3 Å². The van der Waals surface area contributed by atoms with E-state index in [1.165, 1.54) is 31.2 Å². The summed E-state index contributed by atoms with van der Waals surface area (Å²) in [5.41, 5.74) is 0.329. The van der Waals surface area contributed by atoms with Gasteiger partial charge in [-0.2, -0.15) is 4.98 Å². The first-order chi connectivity index (χ1) is 13.3. The van der Waals surface area contributed by atoms with E-state index in [4.69, 9.17) is 5.11 Å². The predicted octanol–water partition coefficient (Wildman–Crippen LogP) is 0.150. The molecule has 2 heterocycles. The summed E-state index contributed by atoms with van der Waals surface area (Å²) >= 11 is 0. The van der Waals surface area contributed by atoms with E-state index in [9.17, 15) is 24.6 Å². The summed E-state index contributed by atoms with van der Waals surface area (Å²) in [6, 6.07) is 5.22. The van der Waals surface area contributed by atoms with Crippen molar-refractivity contribution in [1.82, 2.24) is 15.3 Å². The van der Waals surface area contributed by atoms with Crippen molar-refractivity contribution in [3.63, 3.8) is 0 Å². The molecule has 1 aromatic heterocycles. The maximum absolute atomic E-state index is 12.7. The minimum Gasteiger partial charge on any atom is -0.493 e. The van der Waals surface area contributed by atoms with Crippen molar-refractivity contribution in [2.24, 2.45) is 0 Å². The summed E-state index contributed by atoms with van der Waals surface area (Å²) < 4.78 is 0. The first-order valence-electron chi connectivity index (χ1n) is 8.45. The molecule has 1 saturated heterocycles. The summed E-state index contributed by atoms with van der Waals surface area (Å²) in [4.78, 5) is 44.3. The Hall–Kier alpha value is -3.37. The number of anilines is 1. The van der Waals surface area contributed by atoms with Gasteiger partial charge in [0.2, 0.25) is 11.8 Å². The molecule has 1 unspecified atom stereocenters. The molecule has 3 rings (SSSR count). The Kier molecular flexibility index (Phi) is 5.34. The zero-order chi connectivity index (χ0) is 20.4. The molecule has 1 aliphatic heterocycles. The number of benzene rings is 1. The fourth-order valence-corrected chi connectivity index (χ4v) is 2.97. The van der Waals surface area contributed by atoms with E-state index in [1.807, 2.05) is 0 Å². The fourth-order valence-electron chi connectivity index (χ4n) is 2.97. The number of carbonyl (C=O) groups is 3. The van der Waals surface area contributed by atoms with Gasteiger partial charge in [-0.15, -0.1) is 0 Å². The maximum atomic E-state index is 12.7. The molecule has 1 aromatic carbocycles. The number of carbonyl (C=O) groups excluding carboxylic acids is 2. The van der Waals surface area contributed by atoms with Crippen molar-refractivity contribution in [3.05, 3.63) is 36.0 Å². The first-order valence-corrected chi connectivity index (χ1v) is 8.45. The summed E-state index contributed by atoms with van der Waals surface area (Å²) in [5.74, 6) is -2.98. The minimum atomic E-state index is -1.35.